The summed E-state index contributed by atoms with van der Waals surface area (Å²) in [6.07, 6.45) is 7.11. The molecule has 1 aromatic rings. The Morgan fingerprint density at radius 1 is 1.25 bits per heavy atom. The van der Waals surface area contributed by atoms with Gasteiger partial charge in [-0.3, -0.25) is 0 Å². The van der Waals surface area contributed by atoms with Crippen molar-refractivity contribution in [2.75, 3.05) is 0 Å². The summed E-state index contributed by atoms with van der Waals surface area (Å²) in [5, 5.41) is 9.06. The van der Waals surface area contributed by atoms with E-state index in [9.17, 15) is 4.79 Å². The van der Waals surface area contributed by atoms with Crippen LogP contribution in [0.2, 0.25) is 0 Å². The van der Waals surface area contributed by atoms with E-state index in [1.807, 2.05) is 42.6 Å². The summed E-state index contributed by atoms with van der Waals surface area (Å²) in [7, 11) is 0. The molecule has 1 atom stereocenters. The Labute approximate surface area is 94.3 Å². The monoisotopic (exact) mass is 215 g/mol. The highest BCUT2D eigenvalue weighted by Gasteiger charge is 2.21. The zero-order valence-corrected chi connectivity index (χ0v) is 8.78. The fraction of sp³-hybridized carbons (Fsp3) is 0.154. The number of nitrogens with zero attached hydrogens (tertiary/aromatic N) is 1. The SMILES string of the molecule is O=C(O)C1C=CC=CN1Cc1ccccc1. The highest BCUT2D eigenvalue weighted by molar-refractivity contribution is 5.76. The summed E-state index contributed by atoms with van der Waals surface area (Å²) in [5.74, 6) is -0.823. The molecule has 1 aliphatic rings. The minimum absolute atomic E-state index is 0.565. The highest BCUT2D eigenvalue weighted by atomic mass is 16.4. The number of carboxylic acids is 1. The van der Waals surface area contributed by atoms with Crippen LogP contribution < -0.4 is 0 Å². The van der Waals surface area contributed by atoms with Gasteiger partial charge in [0.1, 0.15) is 6.04 Å². The van der Waals surface area contributed by atoms with Crippen LogP contribution in [0.5, 0.6) is 0 Å². The molecule has 3 nitrogen and oxygen atoms in total. The van der Waals surface area contributed by atoms with Gasteiger partial charge in [-0.15, -0.1) is 0 Å². The quantitative estimate of drug-likeness (QED) is 0.838. The smallest absolute Gasteiger partial charge is 0.330 e. The predicted molar refractivity (Wildman–Crippen MR) is 61.7 cm³/mol. The molecule has 0 saturated carbocycles. The molecule has 1 aromatic carbocycles. The molecule has 82 valence electrons. The first-order chi connectivity index (χ1) is 7.77. The van der Waals surface area contributed by atoms with Crippen LogP contribution in [0.1, 0.15) is 5.56 Å². The predicted octanol–water partition coefficient (Wildman–Crippen LogP) is 2.03. The van der Waals surface area contributed by atoms with Crippen LogP contribution >= 0.6 is 0 Å². The molecular formula is C13H13NO2. The molecular weight excluding hydrogens is 202 g/mol. The van der Waals surface area contributed by atoms with E-state index < -0.39 is 12.0 Å². The molecule has 0 bridgehead atoms. The van der Waals surface area contributed by atoms with Gasteiger partial charge in [-0.05, 0) is 11.6 Å². The van der Waals surface area contributed by atoms with Crippen molar-refractivity contribution in [2.24, 2.45) is 0 Å². The molecule has 1 N–H and O–H groups in total. The molecule has 3 heteroatoms. The van der Waals surface area contributed by atoms with Gasteiger partial charge in [0.2, 0.25) is 0 Å². The van der Waals surface area contributed by atoms with Gasteiger partial charge < -0.3 is 10.0 Å². The second-order valence-corrected chi connectivity index (χ2v) is 3.67. The summed E-state index contributed by atoms with van der Waals surface area (Å²) in [6.45, 7) is 0.610. The lowest BCUT2D eigenvalue weighted by atomic mass is 10.1. The van der Waals surface area contributed by atoms with Crippen molar-refractivity contribution >= 4 is 5.97 Å². The number of benzene rings is 1. The van der Waals surface area contributed by atoms with Crippen LogP contribution in [0.15, 0.2) is 54.8 Å². The number of hydrogen-bond donors (Lipinski definition) is 1. The van der Waals surface area contributed by atoms with Crippen molar-refractivity contribution in [2.45, 2.75) is 12.6 Å². The maximum Gasteiger partial charge on any atom is 0.330 e. The average Bonchev–Trinajstić information content (AvgIpc) is 2.31. The third kappa shape index (κ3) is 2.31. The lowest BCUT2D eigenvalue weighted by Gasteiger charge is -2.27. The first-order valence-electron chi connectivity index (χ1n) is 5.15. The van der Waals surface area contributed by atoms with Crippen LogP contribution in [0.3, 0.4) is 0 Å². The molecule has 0 saturated heterocycles. The maximum absolute atomic E-state index is 11.0. The van der Waals surface area contributed by atoms with E-state index in [0.717, 1.165) is 5.56 Å². The largest absolute Gasteiger partial charge is 0.479 e. The summed E-state index contributed by atoms with van der Waals surface area (Å²) in [4.78, 5) is 12.8. The molecule has 1 heterocycles. The van der Waals surface area contributed by atoms with Crippen LogP contribution in [0, 0.1) is 0 Å². The Hall–Kier alpha value is -2.03. The molecule has 0 fully saturated rings. The van der Waals surface area contributed by atoms with Crippen molar-refractivity contribution in [1.82, 2.24) is 4.90 Å². The van der Waals surface area contributed by atoms with Crippen molar-refractivity contribution in [3.8, 4) is 0 Å². The highest BCUT2D eigenvalue weighted by Crippen LogP contribution is 2.13. The molecule has 1 unspecified atom stereocenters. The zero-order valence-electron chi connectivity index (χ0n) is 8.78. The van der Waals surface area contributed by atoms with Gasteiger partial charge in [-0.1, -0.05) is 42.5 Å². The first kappa shape index (κ1) is 10.5. The second kappa shape index (κ2) is 4.66. The van der Waals surface area contributed by atoms with Gasteiger partial charge in [0.05, 0.1) is 0 Å². The van der Waals surface area contributed by atoms with Crippen molar-refractivity contribution in [1.29, 1.82) is 0 Å². The van der Waals surface area contributed by atoms with E-state index in [-0.39, 0.29) is 0 Å². The van der Waals surface area contributed by atoms with Crippen LogP contribution in [0.4, 0.5) is 0 Å². The summed E-state index contributed by atoms with van der Waals surface area (Å²) in [6, 6.07) is 9.27. The normalized spacial score (nSPS) is 18.8. The molecule has 0 spiro atoms. The molecule has 0 amide bonds. The Kier molecular flexibility index (Phi) is 3.05. The van der Waals surface area contributed by atoms with E-state index in [1.54, 1.807) is 17.1 Å². The Balaban J connectivity index is 2.12. The van der Waals surface area contributed by atoms with Crippen LogP contribution in [-0.4, -0.2) is 22.0 Å². The standard InChI is InChI=1S/C13H13NO2/c15-13(16)12-8-4-5-9-14(12)10-11-6-2-1-3-7-11/h1-9,12H,10H2,(H,15,16). The summed E-state index contributed by atoms with van der Waals surface area (Å²) >= 11 is 0. The Morgan fingerprint density at radius 3 is 2.69 bits per heavy atom. The van der Waals surface area contributed by atoms with E-state index in [4.69, 9.17) is 5.11 Å². The molecule has 2 rings (SSSR count). The Bertz CT molecular complexity index is 423. The van der Waals surface area contributed by atoms with Crippen LogP contribution in [0.25, 0.3) is 0 Å². The Morgan fingerprint density at radius 2 is 2.00 bits per heavy atom. The molecule has 1 aliphatic heterocycles. The summed E-state index contributed by atoms with van der Waals surface area (Å²) < 4.78 is 0. The van der Waals surface area contributed by atoms with Crippen molar-refractivity contribution in [3.63, 3.8) is 0 Å². The first-order valence-corrected chi connectivity index (χ1v) is 5.15. The number of rotatable bonds is 3. The zero-order chi connectivity index (χ0) is 11.4. The molecule has 0 aromatic heterocycles. The van der Waals surface area contributed by atoms with Gasteiger partial charge >= 0.3 is 5.97 Å². The molecule has 0 aliphatic carbocycles. The van der Waals surface area contributed by atoms with Crippen molar-refractivity contribution < 1.29 is 9.90 Å². The molecule has 0 radical (unpaired) electrons. The third-order valence-corrected chi connectivity index (χ3v) is 2.50. The topological polar surface area (TPSA) is 40.5 Å². The van der Waals surface area contributed by atoms with E-state index in [2.05, 4.69) is 0 Å². The van der Waals surface area contributed by atoms with Gasteiger partial charge in [0.15, 0.2) is 0 Å². The number of hydrogen-bond acceptors (Lipinski definition) is 2. The second-order valence-electron chi connectivity index (χ2n) is 3.67. The van der Waals surface area contributed by atoms with Crippen LogP contribution in [-0.2, 0) is 11.3 Å². The molecule has 16 heavy (non-hydrogen) atoms. The number of aliphatic carboxylic acids is 1. The number of carbonyl (C=O) groups is 1. The van der Waals surface area contributed by atoms with E-state index >= 15 is 0 Å². The third-order valence-electron chi connectivity index (χ3n) is 2.50. The fourth-order valence-corrected chi connectivity index (χ4v) is 1.70. The maximum atomic E-state index is 11.0. The number of allylic oxidation sites excluding steroid dienone is 2. The van der Waals surface area contributed by atoms with Gasteiger partial charge in [0, 0.05) is 12.7 Å². The van der Waals surface area contributed by atoms with Crippen molar-refractivity contribution in [3.05, 3.63) is 60.3 Å². The summed E-state index contributed by atoms with van der Waals surface area (Å²) in [5.41, 5.74) is 1.11. The van der Waals surface area contributed by atoms with Gasteiger partial charge in [0.25, 0.3) is 0 Å². The fourth-order valence-electron chi connectivity index (χ4n) is 1.70. The van der Waals surface area contributed by atoms with Gasteiger partial charge in [-0.25, -0.2) is 4.79 Å². The minimum Gasteiger partial charge on any atom is -0.479 e. The van der Waals surface area contributed by atoms with Gasteiger partial charge in [-0.2, -0.15) is 0 Å². The van der Waals surface area contributed by atoms with E-state index in [0.29, 0.717) is 6.54 Å². The minimum atomic E-state index is -0.823. The average molecular weight is 215 g/mol. The lowest BCUT2D eigenvalue weighted by Crippen LogP contribution is -2.36. The lowest BCUT2D eigenvalue weighted by molar-refractivity contribution is -0.140. The number of carboxylic acid groups (broad SMARTS) is 1. The van der Waals surface area contributed by atoms with E-state index in [1.165, 1.54) is 0 Å².